The van der Waals surface area contributed by atoms with Gasteiger partial charge in [0.1, 0.15) is 5.82 Å². The number of piperidine rings is 1. The maximum atomic E-state index is 14.0. The Balaban J connectivity index is 1.66. The van der Waals surface area contributed by atoms with Gasteiger partial charge in [-0.05, 0) is 43.2 Å². The van der Waals surface area contributed by atoms with Crippen LogP contribution >= 0.6 is 11.6 Å². The Hall–Kier alpha value is -2.22. The lowest BCUT2D eigenvalue weighted by Crippen LogP contribution is -2.44. The van der Waals surface area contributed by atoms with Crippen LogP contribution in [0.4, 0.5) is 4.39 Å². The SMILES string of the molecule is C=CCN(Cc1ccccc1F)C(=O)C1CCN(S(=O)(=O)c2ccc(Cl)cc2)CC1. The Morgan fingerprint density at radius 3 is 2.40 bits per heavy atom. The van der Waals surface area contributed by atoms with Crippen LogP contribution < -0.4 is 0 Å². The molecule has 1 aliphatic heterocycles. The fourth-order valence-electron chi connectivity index (χ4n) is 3.58. The van der Waals surface area contributed by atoms with Crippen LogP contribution in [0.1, 0.15) is 18.4 Å². The summed E-state index contributed by atoms with van der Waals surface area (Å²) < 4.78 is 41.1. The molecule has 1 amide bonds. The Morgan fingerprint density at radius 1 is 1.17 bits per heavy atom. The Kier molecular flexibility index (Phi) is 7.28. The van der Waals surface area contributed by atoms with Crippen LogP contribution in [-0.2, 0) is 21.4 Å². The molecule has 1 heterocycles. The third kappa shape index (κ3) is 5.09. The number of sulfonamides is 1. The molecule has 0 atom stereocenters. The molecule has 3 rings (SSSR count). The van der Waals surface area contributed by atoms with Gasteiger partial charge < -0.3 is 4.90 Å². The van der Waals surface area contributed by atoms with Gasteiger partial charge in [0.15, 0.2) is 0 Å². The van der Waals surface area contributed by atoms with Gasteiger partial charge in [-0.25, -0.2) is 12.8 Å². The number of halogens is 2. The fraction of sp³-hybridized carbons (Fsp3) is 0.318. The molecule has 1 fully saturated rings. The molecule has 160 valence electrons. The molecule has 0 aromatic heterocycles. The minimum atomic E-state index is -3.63. The van der Waals surface area contributed by atoms with E-state index in [0.717, 1.165) is 0 Å². The number of benzene rings is 2. The molecule has 0 N–H and O–H groups in total. The minimum absolute atomic E-state index is 0.110. The maximum Gasteiger partial charge on any atom is 0.243 e. The van der Waals surface area contributed by atoms with E-state index in [1.54, 1.807) is 41.3 Å². The molecule has 8 heteroatoms. The number of carbonyl (C=O) groups excluding carboxylic acids is 1. The second kappa shape index (κ2) is 9.73. The molecular weight excluding hydrogens is 427 g/mol. The lowest BCUT2D eigenvalue weighted by Gasteiger charge is -2.33. The van der Waals surface area contributed by atoms with Crippen LogP contribution in [0.25, 0.3) is 0 Å². The monoisotopic (exact) mass is 450 g/mol. The smallest absolute Gasteiger partial charge is 0.243 e. The van der Waals surface area contributed by atoms with E-state index >= 15 is 0 Å². The molecule has 0 spiro atoms. The average molecular weight is 451 g/mol. The highest BCUT2D eigenvalue weighted by molar-refractivity contribution is 7.89. The molecule has 0 radical (unpaired) electrons. The van der Waals surface area contributed by atoms with Crippen LogP contribution in [0.2, 0.25) is 5.02 Å². The van der Waals surface area contributed by atoms with Crippen LogP contribution in [0.5, 0.6) is 0 Å². The van der Waals surface area contributed by atoms with E-state index in [0.29, 0.717) is 30.0 Å². The van der Waals surface area contributed by atoms with Crippen molar-refractivity contribution >= 4 is 27.5 Å². The van der Waals surface area contributed by atoms with Gasteiger partial charge in [-0.2, -0.15) is 4.31 Å². The first-order valence-electron chi connectivity index (χ1n) is 9.71. The van der Waals surface area contributed by atoms with Crippen LogP contribution in [0, 0.1) is 11.7 Å². The minimum Gasteiger partial charge on any atom is -0.334 e. The van der Waals surface area contributed by atoms with E-state index in [4.69, 9.17) is 11.6 Å². The Morgan fingerprint density at radius 2 is 1.80 bits per heavy atom. The van der Waals surface area contributed by atoms with Gasteiger partial charge in [0.25, 0.3) is 0 Å². The summed E-state index contributed by atoms with van der Waals surface area (Å²) in [7, 11) is -3.63. The molecule has 5 nitrogen and oxygen atoms in total. The van der Waals surface area contributed by atoms with Crippen LogP contribution in [0.15, 0.2) is 66.1 Å². The highest BCUT2D eigenvalue weighted by Gasteiger charge is 2.33. The summed E-state index contributed by atoms with van der Waals surface area (Å²) in [6.07, 6.45) is 2.44. The first-order chi connectivity index (χ1) is 14.3. The van der Waals surface area contributed by atoms with E-state index in [1.807, 2.05) is 0 Å². The van der Waals surface area contributed by atoms with Gasteiger partial charge in [-0.3, -0.25) is 4.79 Å². The largest absolute Gasteiger partial charge is 0.334 e. The Bertz CT molecular complexity index is 1000. The highest BCUT2D eigenvalue weighted by atomic mass is 35.5. The second-order valence-electron chi connectivity index (χ2n) is 7.23. The van der Waals surface area contributed by atoms with Crippen LogP contribution in [-0.4, -0.2) is 43.2 Å². The molecule has 0 unspecified atom stereocenters. The number of amides is 1. The second-order valence-corrected chi connectivity index (χ2v) is 9.61. The van der Waals surface area contributed by atoms with E-state index in [1.165, 1.54) is 22.5 Å². The Labute approximate surface area is 181 Å². The number of hydrogen-bond acceptors (Lipinski definition) is 3. The predicted octanol–water partition coefficient (Wildman–Crippen LogP) is 4.09. The lowest BCUT2D eigenvalue weighted by molar-refractivity contribution is -0.136. The summed E-state index contributed by atoms with van der Waals surface area (Å²) in [5.41, 5.74) is 0.440. The summed E-state index contributed by atoms with van der Waals surface area (Å²) in [6.45, 7) is 4.65. The highest BCUT2D eigenvalue weighted by Crippen LogP contribution is 2.26. The van der Waals surface area contributed by atoms with Crippen molar-refractivity contribution in [2.24, 2.45) is 5.92 Å². The van der Waals surface area contributed by atoms with E-state index < -0.39 is 10.0 Å². The van der Waals surface area contributed by atoms with E-state index in [9.17, 15) is 17.6 Å². The summed E-state index contributed by atoms with van der Waals surface area (Å²) in [4.78, 5) is 14.8. The third-order valence-electron chi connectivity index (χ3n) is 5.23. The number of nitrogens with zero attached hydrogens (tertiary/aromatic N) is 2. The zero-order valence-corrected chi connectivity index (χ0v) is 18.1. The quantitative estimate of drug-likeness (QED) is 0.597. The zero-order chi connectivity index (χ0) is 21.7. The van der Waals surface area contributed by atoms with Crippen molar-refractivity contribution in [3.63, 3.8) is 0 Å². The summed E-state index contributed by atoms with van der Waals surface area (Å²) in [5, 5.41) is 0.468. The number of rotatable bonds is 7. The predicted molar refractivity (Wildman–Crippen MR) is 115 cm³/mol. The number of carbonyl (C=O) groups is 1. The van der Waals surface area contributed by atoms with E-state index in [-0.39, 0.29) is 42.2 Å². The lowest BCUT2D eigenvalue weighted by atomic mass is 9.96. The molecule has 2 aromatic carbocycles. The van der Waals surface area contributed by atoms with Crippen LogP contribution in [0.3, 0.4) is 0 Å². The van der Waals surface area contributed by atoms with Gasteiger partial charge in [0, 0.05) is 42.7 Å². The van der Waals surface area contributed by atoms with Crippen molar-refractivity contribution in [1.82, 2.24) is 9.21 Å². The van der Waals surface area contributed by atoms with Crippen molar-refractivity contribution < 1.29 is 17.6 Å². The van der Waals surface area contributed by atoms with Gasteiger partial charge in [0.2, 0.25) is 15.9 Å². The van der Waals surface area contributed by atoms with Crippen molar-refractivity contribution in [2.45, 2.75) is 24.3 Å². The first kappa shape index (κ1) is 22.5. The summed E-state index contributed by atoms with van der Waals surface area (Å²) in [5.74, 6) is -0.779. The standard InChI is InChI=1S/C22H24ClFN2O3S/c1-2-13-25(16-18-5-3-4-6-21(18)24)22(27)17-11-14-26(15-12-17)30(28,29)20-9-7-19(23)8-10-20/h2-10,17H,1,11-16H2. The summed E-state index contributed by atoms with van der Waals surface area (Å²) >= 11 is 5.84. The van der Waals surface area contributed by atoms with Crippen molar-refractivity contribution in [3.8, 4) is 0 Å². The van der Waals surface area contributed by atoms with Crippen molar-refractivity contribution in [3.05, 3.63) is 77.6 Å². The third-order valence-corrected chi connectivity index (χ3v) is 7.40. The first-order valence-corrected chi connectivity index (χ1v) is 11.5. The molecule has 0 aliphatic carbocycles. The van der Waals surface area contributed by atoms with Crippen molar-refractivity contribution in [1.29, 1.82) is 0 Å². The molecule has 1 saturated heterocycles. The van der Waals surface area contributed by atoms with Gasteiger partial charge in [-0.1, -0.05) is 35.9 Å². The molecular formula is C22H24ClFN2O3S. The van der Waals surface area contributed by atoms with E-state index in [2.05, 4.69) is 6.58 Å². The molecule has 2 aromatic rings. The fourth-order valence-corrected chi connectivity index (χ4v) is 5.17. The van der Waals surface area contributed by atoms with Gasteiger partial charge in [-0.15, -0.1) is 6.58 Å². The topological polar surface area (TPSA) is 57.7 Å². The number of hydrogen-bond donors (Lipinski definition) is 0. The normalized spacial score (nSPS) is 15.7. The molecule has 0 saturated carbocycles. The van der Waals surface area contributed by atoms with Gasteiger partial charge >= 0.3 is 0 Å². The summed E-state index contributed by atoms with van der Waals surface area (Å²) in [6, 6.07) is 12.4. The molecule has 0 bridgehead atoms. The molecule has 1 aliphatic rings. The zero-order valence-electron chi connectivity index (χ0n) is 16.5. The maximum absolute atomic E-state index is 14.0. The molecule has 30 heavy (non-hydrogen) atoms. The average Bonchev–Trinajstić information content (AvgIpc) is 2.75. The van der Waals surface area contributed by atoms with Crippen molar-refractivity contribution in [2.75, 3.05) is 19.6 Å². The van der Waals surface area contributed by atoms with Gasteiger partial charge in [0.05, 0.1) is 4.90 Å².